The maximum atomic E-state index is 12.2. The van der Waals surface area contributed by atoms with Crippen molar-refractivity contribution in [3.8, 4) is 11.5 Å². The van der Waals surface area contributed by atoms with E-state index in [0.717, 1.165) is 11.4 Å². The molecule has 1 saturated heterocycles. The monoisotopic (exact) mass is 343 g/mol. The lowest BCUT2D eigenvalue weighted by molar-refractivity contribution is -0.141. The van der Waals surface area contributed by atoms with Gasteiger partial charge in [0, 0.05) is 25.7 Å². The van der Waals surface area contributed by atoms with Crippen molar-refractivity contribution in [3.05, 3.63) is 41.1 Å². The molecule has 1 unspecified atom stereocenters. The Hall–Kier alpha value is -2.81. The fraction of sp³-hybridized carbons (Fsp3) is 0.200. The van der Waals surface area contributed by atoms with E-state index in [2.05, 4.69) is 9.97 Å². The van der Waals surface area contributed by atoms with E-state index >= 15 is 0 Å². The van der Waals surface area contributed by atoms with Gasteiger partial charge in [0.1, 0.15) is 16.8 Å². The first-order valence-electron chi connectivity index (χ1n) is 7.11. The molecule has 0 aliphatic carbocycles. The Morgan fingerprint density at radius 3 is 2.83 bits per heavy atom. The summed E-state index contributed by atoms with van der Waals surface area (Å²) in [5.41, 5.74) is 2.12. The number of carbonyl (C=O) groups is 2. The average molecular weight is 343 g/mol. The van der Waals surface area contributed by atoms with Crippen molar-refractivity contribution in [2.24, 2.45) is 14.1 Å². The van der Waals surface area contributed by atoms with Crippen LogP contribution in [0.4, 0.5) is 0 Å². The zero-order chi connectivity index (χ0) is 17.0. The average Bonchev–Trinajstić information content (AvgIpc) is 3.22. The van der Waals surface area contributed by atoms with Crippen LogP contribution in [0.3, 0.4) is 0 Å². The summed E-state index contributed by atoms with van der Waals surface area (Å²) in [5, 5.41) is 10.3. The molecule has 9 heteroatoms. The number of β-lactam (4-membered cyclic amide) rings is 1. The number of hydrogen-bond donors (Lipinski definition) is 1. The van der Waals surface area contributed by atoms with Crippen molar-refractivity contribution >= 4 is 29.7 Å². The summed E-state index contributed by atoms with van der Waals surface area (Å²) in [6.45, 7) is 0. The number of carboxylic acid groups (broad SMARTS) is 1. The molecule has 2 aromatic heterocycles. The largest absolute Gasteiger partial charge is 0.477 e. The number of thioether (sulfide) groups is 1. The van der Waals surface area contributed by atoms with E-state index in [4.69, 9.17) is 5.11 Å². The fourth-order valence-electron chi connectivity index (χ4n) is 2.75. The molecule has 24 heavy (non-hydrogen) atoms. The van der Waals surface area contributed by atoms with Crippen LogP contribution in [-0.4, -0.2) is 46.4 Å². The summed E-state index contributed by atoms with van der Waals surface area (Å²) in [6.07, 6.45) is 7.00. The maximum Gasteiger partial charge on any atom is 0.353 e. The lowest BCUT2D eigenvalue weighted by Crippen LogP contribution is -2.51. The number of aliphatic carboxylic acids is 1. The highest BCUT2D eigenvalue weighted by atomic mass is 32.2. The number of rotatable bonds is 3. The van der Waals surface area contributed by atoms with Gasteiger partial charge in [0.2, 0.25) is 0 Å². The molecule has 2 aliphatic heterocycles. The highest BCUT2D eigenvalue weighted by molar-refractivity contribution is 8.03. The molecule has 122 valence electrons. The first-order valence-corrected chi connectivity index (χ1v) is 8.06. The van der Waals surface area contributed by atoms with Crippen LogP contribution in [-0.2, 0) is 23.7 Å². The molecular formula is C15H13N5O3S. The first-order chi connectivity index (χ1) is 11.5. The molecule has 4 heterocycles. The quantitative estimate of drug-likeness (QED) is 0.661. The molecule has 0 saturated carbocycles. The number of aromatic nitrogens is 4. The van der Waals surface area contributed by atoms with Crippen LogP contribution in [0.25, 0.3) is 17.6 Å². The summed E-state index contributed by atoms with van der Waals surface area (Å²) in [5.74, 6) is -0.663. The van der Waals surface area contributed by atoms with Gasteiger partial charge < -0.3 is 14.2 Å². The van der Waals surface area contributed by atoms with E-state index in [9.17, 15) is 9.59 Å². The zero-order valence-corrected chi connectivity index (χ0v) is 13.7. The van der Waals surface area contributed by atoms with Crippen LogP contribution in [0.1, 0.15) is 5.69 Å². The van der Waals surface area contributed by atoms with Crippen molar-refractivity contribution in [2.45, 2.75) is 5.37 Å². The standard InChI is InChI=1S/C15H13N5O3S/c1-18-5-10(17-7-18)12-16-4-8(19(12)2)3-9-13(21)20-11(15(22)23)6-24-14(9)20/h3-7,14H,1-2H3,(H,22,23). The fourth-order valence-corrected chi connectivity index (χ4v) is 3.87. The van der Waals surface area contributed by atoms with Gasteiger partial charge in [-0.25, -0.2) is 14.8 Å². The first kappa shape index (κ1) is 14.8. The maximum absolute atomic E-state index is 12.2. The number of hydrogen-bond acceptors (Lipinski definition) is 5. The van der Waals surface area contributed by atoms with E-state index in [0.29, 0.717) is 11.4 Å². The minimum Gasteiger partial charge on any atom is -0.477 e. The molecular weight excluding hydrogens is 330 g/mol. The predicted octanol–water partition coefficient (Wildman–Crippen LogP) is 1.05. The van der Waals surface area contributed by atoms with Gasteiger partial charge in [-0.1, -0.05) is 0 Å². The van der Waals surface area contributed by atoms with Crippen LogP contribution >= 0.6 is 11.8 Å². The number of amides is 1. The molecule has 2 aliphatic rings. The van der Waals surface area contributed by atoms with Gasteiger partial charge in [0.15, 0.2) is 5.82 Å². The van der Waals surface area contributed by atoms with Crippen LogP contribution in [0.2, 0.25) is 0 Å². The summed E-state index contributed by atoms with van der Waals surface area (Å²) >= 11 is 1.32. The minimum atomic E-state index is -1.09. The molecule has 0 spiro atoms. The van der Waals surface area contributed by atoms with E-state index in [-0.39, 0.29) is 17.0 Å². The highest BCUT2D eigenvalue weighted by Crippen LogP contribution is 2.45. The topological polar surface area (TPSA) is 93.2 Å². The molecule has 1 fully saturated rings. The lowest BCUT2D eigenvalue weighted by atomic mass is 10.0. The second-order valence-electron chi connectivity index (χ2n) is 5.56. The molecule has 0 aromatic carbocycles. The Morgan fingerprint density at radius 1 is 1.38 bits per heavy atom. The van der Waals surface area contributed by atoms with Crippen LogP contribution in [0.15, 0.2) is 35.4 Å². The van der Waals surface area contributed by atoms with E-state index < -0.39 is 5.97 Å². The van der Waals surface area contributed by atoms with Gasteiger partial charge in [0.25, 0.3) is 5.91 Å². The third kappa shape index (κ3) is 2.01. The smallest absolute Gasteiger partial charge is 0.353 e. The van der Waals surface area contributed by atoms with Crippen molar-refractivity contribution in [2.75, 3.05) is 0 Å². The van der Waals surface area contributed by atoms with Gasteiger partial charge in [-0.15, -0.1) is 11.8 Å². The molecule has 1 atom stereocenters. The molecule has 0 bridgehead atoms. The molecule has 0 radical (unpaired) electrons. The van der Waals surface area contributed by atoms with Gasteiger partial charge >= 0.3 is 5.97 Å². The van der Waals surface area contributed by atoms with Crippen LogP contribution in [0.5, 0.6) is 0 Å². The van der Waals surface area contributed by atoms with E-state index in [1.807, 2.05) is 29.4 Å². The number of imidazole rings is 2. The molecule has 1 N–H and O–H groups in total. The second-order valence-corrected chi connectivity index (χ2v) is 6.52. The number of fused-ring (bicyclic) bond motifs is 1. The predicted molar refractivity (Wildman–Crippen MR) is 87.3 cm³/mol. The third-order valence-electron chi connectivity index (χ3n) is 4.02. The van der Waals surface area contributed by atoms with Crippen LogP contribution in [0, 0.1) is 0 Å². The van der Waals surface area contributed by atoms with E-state index in [1.54, 1.807) is 18.6 Å². The van der Waals surface area contributed by atoms with Gasteiger partial charge in [0.05, 0.1) is 23.8 Å². The van der Waals surface area contributed by atoms with Gasteiger partial charge in [-0.3, -0.25) is 9.69 Å². The number of nitrogens with zero attached hydrogens (tertiary/aromatic N) is 5. The SMILES string of the molecule is Cn1cnc(-c2ncc(C=C3C(=O)N4C(C(=O)O)=CSC34)n2C)c1. The Bertz CT molecular complexity index is 939. The molecule has 8 nitrogen and oxygen atoms in total. The Balaban J connectivity index is 1.63. The van der Waals surface area contributed by atoms with Crippen LogP contribution < -0.4 is 0 Å². The lowest BCUT2D eigenvalue weighted by Gasteiger charge is -2.37. The Morgan fingerprint density at radius 2 is 2.17 bits per heavy atom. The van der Waals surface area contributed by atoms with Gasteiger partial charge in [-0.05, 0) is 6.08 Å². The van der Waals surface area contributed by atoms with Crippen molar-refractivity contribution in [1.29, 1.82) is 0 Å². The highest BCUT2D eigenvalue weighted by Gasteiger charge is 2.49. The van der Waals surface area contributed by atoms with Crippen molar-refractivity contribution in [1.82, 2.24) is 24.0 Å². The van der Waals surface area contributed by atoms with Gasteiger partial charge in [-0.2, -0.15) is 0 Å². The third-order valence-corrected chi connectivity index (χ3v) is 5.10. The Labute approximate surface area is 141 Å². The summed E-state index contributed by atoms with van der Waals surface area (Å²) in [7, 11) is 3.74. The number of carboxylic acids is 1. The summed E-state index contributed by atoms with van der Waals surface area (Å²) < 4.78 is 3.69. The normalized spacial score (nSPS) is 21.0. The number of aryl methyl sites for hydroxylation is 1. The van der Waals surface area contributed by atoms with Crippen molar-refractivity contribution in [3.63, 3.8) is 0 Å². The summed E-state index contributed by atoms with van der Waals surface area (Å²) in [4.78, 5) is 33.3. The minimum absolute atomic E-state index is 0.0336. The Kier molecular flexibility index (Phi) is 3.14. The number of carbonyl (C=O) groups excluding carboxylic acids is 1. The molecule has 4 rings (SSSR count). The van der Waals surface area contributed by atoms with E-state index in [1.165, 1.54) is 22.1 Å². The molecule has 1 amide bonds. The van der Waals surface area contributed by atoms with Crippen molar-refractivity contribution < 1.29 is 14.7 Å². The molecule has 2 aromatic rings. The second kappa shape index (κ2) is 5.10. The summed E-state index contributed by atoms with van der Waals surface area (Å²) in [6, 6.07) is 0. The zero-order valence-electron chi connectivity index (χ0n) is 12.9.